The number of esters is 1. The molecule has 0 spiro atoms. The molecule has 8 nitrogen and oxygen atoms in total. The standard InChI is InChI=1S/C18H24INO7/c1-3-13(2)15(16(21)24-9-10-25-18(23)27-12-19)20-17(22)26-11-14-7-5-4-6-8-14/h4-8,13,15H,3,9-12H2,1-2H3,(H,20,22)/t13-,15-/m0/s1. The fourth-order valence-electron chi connectivity index (χ4n) is 2.00. The molecule has 1 aromatic carbocycles. The summed E-state index contributed by atoms with van der Waals surface area (Å²) in [5, 5.41) is 2.54. The van der Waals surface area contributed by atoms with Gasteiger partial charge in [-0.1, -0.05) is 50.6 Å². The van der Waals surface area contributed by atoms with Gasteiger partial charge in [0.1, 0.15) is 30.5 Å². The maximum Gasteiger partial charge on any atom is 0.509 e. The Bertz CT molecular complexity index is 597. The fraction of sp³-hybridized carbons (Fsp3) is 0.500. The molecule has 0 heterocycles. The average molecular weight is 493 g/mol. The Balaban J connectivity index is 2.45. The summed E-state index contributed by atoms with van der Waals surface area (Å²) in [6.45, 7) is 3.54. The van der Waals surface area contributed by atoms with Gasteiger partial charge in [-0.05, 0) is 34.1 Å². The maximum absolute atomic E-state index is 12.3. The largest absolute Gasteiger partial charge is 0.509 e. The molecule has 1 aromatic rings. The van der Waals surface area contributed by atoms with Crippen LogP contribution < -0.4 is 5.32 Å². The summed E-state index contributed by atoms with van der Waals surface area (Å²) >= 11 is 1.86. The molecule has 27 heavy (non-hydrogen) atoms. The average Bonchev–Trinajstić information content (AvgIpc) is 2.68. The fourth-order valence-corrected chi connectivity index (χ4v) is 2.26. The van der Waals surface area contributed by atoms with E-state index in [2.05, 4.69) is 10.1 Å². The monoisotopic (exact) mass is 493 g/mol. The lowest BCUT2D eigenvalue weighted by Crippen LogP contribution is -2.46. The Labute approximate surface area is 172 Å². The minimum Gasteiger partial charge on any atom is -0.461 e. The Hall–Kier alpha value is -2.04. The molecular formula is C18H24INO7. The summed E-state index contributed by atoms with van der Waals surface area (Å²) in [4.78, 5) is 35.3. The van der Waals surface area contributed by atoms with E-state index in [9.17, 15) is 14.4 Å². The van der Waals surface area contributed by atoms with Crippen molar-refractivity contribution in [2.75, 3.05) is 17.8 Å². The molecule has 1 amide bonds. The van der Waals surface area contributed by atoms with E-state index >= 15 is 0 Å². The zero-order chi connectivity index (χ0) is 20.1. The second-order valence-corrected chi connectivity index (χ2v) is 6.21. The number of alkyl carbamates (subject to hydrolysis) is 1. The quantitative estimate of drug-likeness (QED) is 0.175. The van der Waals surface area contributed by atoms with Gasteiger partial charge in [-0.2, -0.15) is 0 Å². The molecule has 9 heteroatoms. The summed E-state index contributed by atoms with van der Waals surface area (Å²) in [6, 6.07) is 8.35. The zero-order valence-corrected chi connectivity index (χ0v) is 17.5. The second kappa shape index (κ2) is 13.2. The first-order valence-corrected chi connectivity index (χ1v) is 9.99. The van der Waals surface area contributed by atoms with E-state index in [-0.39, 0.29) is 30.4 Å². The number of hydrogen-bond donors (Lipinski definition) is 1. The number of rotatable bonds is 10. The molecule has 150 valence electrons. The Kier molecular flexibility index (Phi) is 11.2. The molecule has 1 rings (SSSR count). The summed E-state index contributed by atoms with van der Waals surface area (Å²) in [5.74, 6) is -0.779. The van der Waals surface area contributed by atoms with E-state index in [0.29, 0.717) is 6.42 Å². The third kappa shape index (κ3) is 9.45. The van der Waals surface area contributed by atoms with Gasteiger partial charge in [0.25, 0.3) is 0 Å². The summed E-state index contributed by atoms with van der Waals surface area (Å²) in [6.07, 6.45) is -0.887. The van der Waals surface area contributed by atoms with Gasteiger partial charge >= 0.3 is 18.2 Å². The second-order valence-electron chi connectivity index (χ2n) is 5.59. The van der Waals surface area contributed by atoms with Crippen molar-refractivity contribution in [2.45, 2.75) is 32.9 Å². The van der Waals surface area contributed by atoms with Gasteiger partial charge < -0.3 is 24.3 Å². The normalized spacial score (nSPS) is 12.4. The topological polar surface area (TPSA) is 100 Å². The highest BCUT2D eigenvalue weighted by Gasteiger charge is 2.28. The number of nitrogens with one attached hydrogen (secondary N) is 1. The van der Waals surface area contributed by atoms with Crippen molar-refractivity contribution in [3.8, 4) is 0 Å². The van der Waals surface area contributed by atoms with Crippen LogP contribution in [-0.4, -0.2) is 42.1 Å². The summed E-state index contributed by atoms with van der Waals surface area (Å²) in [7, 11) is 0. The van der Waals surface area contributed by atoms with Crippen LogP contribution in [0.3, 0.4) is 0 Å². The number of carbonyl (C=O) groups is 3. The van der Waals surface area contributed by atoms with Gasteiger partial charge in [0, 0.05) is 0 Å². The number of hydrogen-bond acceptors (Lipinski definition) is 7. The van der Waals surface area contributed by atoms with E-state index in [1.54, 1.807) is 0 Å². The highest BCUT2D eigenvalue weighted by molar-refractivity contribution is 14.1. The van der Waals surface area contributed by atoms with Crippen molar-refractivity contribution >= 4 is 40.8 Å². The number of halogens is 1. The molecule has 2 atom stereocenters. The van der Waals surface area contributed by atoms with Crippen LogP contribution in [0, 0.1) is 5.92 Å². The van der Waals surface area contributed by atoms with Crippen LogP contribution in [0.2, 0.25) is 0 Å². The van der Waals surface area contributed by atoms with E-state index in [1.165, 1.54) is 0 Å². The van der Waals surface area contributed by atoms with E-state index in [1.807, 2.05) is 66.8 Å². The molecule has 0 bridgehead atoms. The van der Waals surface area contributed by atoms with E-state index in [4.69, 9.17) is 14.2 Å². The minimum absolute atomic E-state index is 0.0989. The lowest BCUT2D eigenvalue weighted by Gasteiger charge is -2.22. The van der Waals surface area contributed by atoms with Crippen LogP contribution >= 0.6 is 22.6 Å². The van der Waals surface area contributed by atoms with Crippen LogP contribution in [-0.2, 0) is 30.3 Å². The van der Waals surface area contributed by atoms with Crippen LogP contribution in [0.25, 0.3) is 0 Å². The first kappa shape index (κ1) is 23.0. The number of benzene rings is 1. The predicted octanol–water partition coefficient (Wildman–Crippen LogP) is 3.42. The molecule has 0 saturated heterocycles. The molecule has 0 aliphatic carbocycles. The van der Waals surface area contributed by atoms with Crippen molar-refractivity contribution in [3.05, 3.63) is 35.9 Å². The van der Waals surface area contributed by atoms with Gasteiger partial charge in [0.2, 0.25) is 0 Å². The van der Waals surface area contributed by atoms with Crippen LogP contribution in [0.5, 0.6) is 0 Å². The molecule has 0 radical (unpaired) electrons. The van der Waals surface area contributed by atoms with E-state index < -0.39 is 24.3 Å². The zero-order valence-electron chi connectivity index (χ0n) is 15.3. The smallest absolute Gasteiger partial charge is 0.461 e. The number of alkyl halides is 1. The van der Waals surface area contributed by atoms with Crippen LogP contribution in [0.4, 0.5) is 9.59 Å². The third-order valence-corrected chi connectivity index (χ3v) is 3.98. The highest BCUT2D eigenvalue weighted by Crippen LogP contribution is 2.10. The molecule has 1 N–H and O–H groups in total. The third-order valence-electron chi connectivity index (χ3n) is 3.67. The van der Waals surface area contributed by atoms with Gasteiger partial charge in [-0.3, -0.25) is 0 Å². The predicted molar refractivity (Wildman–Crippen MR) is 105 cm³/mol. The number of carbonyl (C=O) groups excluding carboxylic acids is 3. The van der Waals surface area contributed by atoms with Crippen LogP contribution in [0.15, 0.2) is 30.3 Å². The van der Waals surface area contributed by atoms with E-state index in [0.717, 1.165) is 5.56 Å². The first-order chi connectivity index (χ1) is 13.0. The Morgan fingerprint density at radius 3 is 2.33 bits per heavy atom. The molecule has 0 fully saturated rings. The summed E-state index contributed by atoms with van der Waals surface area (Å²) < 4.78 is 19.7. The van der Waals surface area contributed by atoms with Gasteiger partial charge in [0.15, 0.2) is 0 Å². The van der Waals surface area contributed by atoms with Gasteiger partial charge in [0.05, 0.1) is 0 Å². The van der Waals surface area contributed by atoms with Gasteiger partial charge in [-0.15, -0.1) is 0 Å². The van der Waals surface area contributed by atoms with Crippen molar-refractivity contribution in [1.82, 2.24) is 5.32 Å². The molecule has 0 saturated carbocycles. The number of ether oxygens (including phenoxy) is 4. The van der Waals surface area contributed by atoms with Crippen molar-refractivity contribution < 1.29 is 33.3 Å². The minimum atomic E-state index is -0.862. The lowest BCUT2D eigenvalue weighted by atomic mass is 9.99. The molecule has 0 unspecified atom stereocenters. The van der Waals surface area contributed by atoms with Crippen molar-refractivity contribution in [1.29, 1.82) is 0 Å². The summed E-state index contributed by atoms with van der Waals surface area (Å²) in [5.41, 5.74) is 0.839. The SMILES string of the molecule is CC[C@H](C)[C@H](NC(=O)OCc1ccccc1)C(=O)OCCOC(=O)OCI. The Morgan fingerprint density at radius 2 is 1.70 bits per heavy atom. The Morgan fingerprint density at radius 1 is 1.04 bits per heavy atom. The lowest BCUT2D eigenvalue weighted by molar-refractivity contribution is -0.148. The van der Waals surface area contributed by atoms with Crippen LogP contribution in [0.1, 0.15) is 25.8 Å². The van der Waals surface area contributed by atoms with Crippen molar-refractivity contribution in [3.63, 3.8) is 0 Å². The molecule has 0 aliphatic rings. The number of amides is 1. The highest BCUT2D eigenvalue weighted by atomic mass is 127. The van der Waals surface area contributed by atoms with Gasteiger partial charge in [-0.25, -0.2) is 14.4 Å². The molecule has 0 aromatic heterocycles. The maximum atomic E-state index is 12.3. The molecule has 0 aliphatic heterocycles. The van der Waals surface area contributed by atoms with Crippen molar-refractivity contribution in [2.24, 2.45) is 5.92 Å². The molecular weight excluding hydrogens is 469 g/mol. The first-order valence-electron chi connectivity index (χ1n) is 8.47.